The Hall–Kier alpha value is -1.59. The van der Waals surface area contributed by atoms with E-state index in [-0.39, 0.29) is 11.8 Å². The minimum Gasteiger partial charge on any atom is -0.416 e. The summed E-state index contributed by atoms with van der Waals surface area (Å²) in [5.41, 5.74) is -0.221. The molecule has 0 atom stereocenters. The summed E-state index contributed by atoms with van der Waals surface area (Å²) in [5, 5.41) is 0. The Kier molecular flexibility index (Phi) is 2.84. The predicted molar refractivity (Wildman–Crippen MR) is 36.2 cm³/mol. The van der Waals surface area contributed by atoms with Crippen LogP contribution in [0.2, 0.25) is 0 Å². The van der Waals surface area contributed by atoms with E-state index in [1.165, 1.54) is 0 Å². The average Bonchev–Trinajstić information content (AvgIpc) is 2.03. The van der Waals surface area contributed by atoms with E-state index in [2.05, 4.69) is 9.72 Å². The molecule has 1 aromatic heterocycles. The lowest BCUT2D eigenvalue weighted by molar-refractivity contribution is -0.0534. The normalized spacial score (nSPS) is 10.2. The number of carbonyl (C=O) groups excluding carboxylic acids is 1. The van der Waals surface area contributed by atoms with Gasteiger partial charge in [0.2, 0.25) is 11.8 Å². The maximum absolute atomic E-state index is 12.4. The number of pyridine rings is 1. The minimum absolute atomic E-state index is 0.221. The first-order valence-corrected chi connectivity index (χ1v) is 3.20. The van der Waals surface area contributed by atoms with Crippen molar-refractivity contribution in [2.75, 3.05) is 0 Å². The summed E-state index contributed by atoms with van der Waals surface area (Å²) < 4.78 is 39.5. The maximum atomic E-state index is 12.4. The van der Waals surface area contributed by atoms with Crippen LogP contribution in [-0.4, -0.2) is 17.9 Å². The van der Waals surface area contributed by atoms with Crippen molar-refractivity contribution in [2.24, 2.45) is 0 Å². The number of nitrogens with zero attached hydrogens (tertiary/aromatic N) is 1. The van der Waals surface area contributed by atoms with Gasteiger partial charge in [-0.2, -0.15) is 18.2 Å². The zero-order valence-electron chi connectivity index (χ0n) is 6.21. The summed E-state index contributed by atoms with van der Waals surface area (Å²) in [6, 6.07) is 1.88. The van der Waals surface area contributed by atoms with E-state index in [4.69, 9.17) is 0 Å². The molecule has 0 aliphatic rings. The molecule has 1 heterocycles. The molecule has 0 spiro atoms. The second-order valence-corrected chi connectivity index (χ2v) is 2.02. The molecule has 0 aromatic carbocycles. The lowest BCUT2D eigenvalue weighted by Crippen LogP contribution is -2.06. The summed E-state index contributed by atoms with van der Waals surface area (Å²) >= 11 is 0. The second-order valence-electron chi connectivity index (χ2n) is 2.02. The number of hydrogen-bond donors (Lipinski definition) is 0. The number of halogens is 3. The van der Waals surface area contributed by atoms with Gasteiger partial charge in [0, 0.05) is 0 Å². The van der Waals surface area contributed by atoms with E-state index < -0.39 is 18.4 Å². The average molecular weight is 191 g/mol. The number of alkyl halides is 2. The Labute approximate surface area is 71.2 Å². The molecule has 0 radical (unpaired) electrons. The van der Waals surface area contributed by atoms with Gasteiger partial charge in [0.25, 0.3) is 0 Å². The van der Waals surface area contributed by atoms with Crippen molar-refractivity contribution < 1.29 is 22.7 Å². The molecule has 0 unspecified atom stereocenters. The first-order chi connectivity index (χ1) is 6.13. The highest BCUT2D eigenvalue weighted by Gasteiger charge is 2.11. The van der Waals surface area contributed by atoms with Crippen LogP contribution in [0, 0.1) is 5.95 Å². The van der Waals surface area contributed by atoms with Crippen LogP contribution in [-0.2, 0) is 0 Å². The molecule has 3 nitrogen and oxygen atoms in total. The highest BCUT2D eigenvalue weighted by molar-refractivity contribution is 5.77. The van der Waals surface area contributed by atoms with Crippen LogP contribution in [0.1, 0.15) is 10.4 Å². The number of aldehydes is 1. The molecule has 0 N–H and O–H groups in total. The first-order valence-electron chi connectivity index (χ1n) is 3.20. The highest BCUT2D eigenvalue weighted by atomic mass is 19.3. The van der Waals surface area contributed by atoms with Crippen molar-refractivity contribution in [3.05, 3.63) is 23.6 Å². The Morgan fingerprint density at radius 1 is 1.46 bits per heavy atom. The monoisotopic (exact) mass is 191 g/mol. The molecule has 0 amide bonds. The standard InChI is InChI=1S/C7H4F3NO2/c8-5-2-1-4(3-12)6(11-5)13-7(9)10/h1-3,7H. The molecule has 0 bridgehead atoms. The third kappa shape index (κ3) is 2.43. The SMILES string of the molecule is O=Cc1ccc(F)nc1OC(F)F. The lowest BCUT2D eigenvalue weighted by Gasteiger charge is -2.04. The third-order valence-corrected chi connectivity index (χ3v) is 1.18. The minimum atomic E-state index is -3.13. The summed E-state index contributed by atoms with van der Waals surface area (Å²) in [6.07, 6.45) is 0.254. The predicted octanol–water partition coefficient (Wildman–Crippen LogP) is 1.63. The van der Waals surface area contributed by atoms with Crippen LogP contribution < -0.4 is 4.74 Å². The zero-order valence-corrected chi connectivity index (χ0v) is 6.21. The van der Waals surface area contributed by atoms with Gasteiger partial charge >= 0.3 is 6.61 Å². The molecule has 70 valence electrons. The van der Waals surface area contributed by atoms with Crippen LogP contribution in [0.25, 0.3) is 0 Å². The molecular weight excluding hydrogens is 187 g/mol. The summed E-state index contributed by atoms with van der Waals surface area (Å²) in [7, 11) is 0. The zero-order chi connectivity index (χ0) is 9.84. The fraction of sp³-hybridized carbons (Fsp3) is 0.143. The Bertz CT molecular complexity index is 317. The van der Waals surface area contributed by atoms with Crippen LogP contribution in [0.4, 0.5) is 13.2 Å². The number of rotatable bonds is 3. The number of carbonyl (C=O) groups is 1. The van der Waals surface area contributed by atoms with Crippen LogP contribution in [0.5, 0.6) is 5.88 Å². The van der Waals surface area contributed by atoms with Gasteiger partial charge in [-0.1, -0.05) is 0 Å². The summed E-state index contributed by atoms with van der Waals surface area (Å²) in [5.74, 6) is -1.69. The quantitative estimate of drug-likeness (QED) is 0.538. The van der Waals surface area contributed by atoms with Crippen LogP contribution in [0.3, 0.4) is 0 Å². The van der Waals surface area contributed by atoms with Gasteiger partial charge in [-0.25, -0.2) is 0 Å². The van der Waals surface area contributed by atoms with Crippen molar-refractivity contribution >= 4 is 6.29 Å². The number of hydrogen-bond acceptors (Lipinski definition) is 3. The Morgan fingerprint density at radius 3 is 2.69 bits per heavy atom. The van der Waals surface area contributed by atoms with E-state index >= 15 is 0 Å². The van der Waals surface area contributed by atoms with E-state index in [0.717, 1.165) is 12.1 Å². The highest BCUT2D eigenvalue weighted by Crippen LogP contribution is 2.15. The van der Waals surface area contributed by atoms with E-state index in [9.17, 15) is 18.0 Å². The Balaban J connectivity index is 3.01. The number of aromatic nitrogens is 1. The molecule has 6 heteroatoms. The fourth-order valence-corrected chi connectivity index (χ4v) is 0.697. The van der Waals surface area contributed by atoms with Crippen molar-refractivity contribution in [1.29, 1.82) is 0 Å². The van der Waals surface area contributed by atoms with Crippen LogP contribution >= 0.6 is 0 Å². The van der Waals surface area contributed by atoms with E-state index in [0.29, 0.717) is 0 Å². The molecule has 13 heavy (non-hydrogen) atoms. The van der Waals surface area contributed by atoms with Gasteiger partial charge in [0.05, 0.1) is 5.56 Å². The van der Waals surface area contributed by atoms with Gasteiger partial charge in [-0.15, -0.1) is 0 Å². The molecule has 0 saturated carbocycles. The smallest absolute Gasteiger partial charge is 0.388 e. The van der Waals surface area contributed by atoms with Gasteiger partial charge in [-0.05, 0) is 12.1 Å². The molecule has 1 aromatic rings. The molecule has 1 rings (SSSR count). The fourth-order valence-electron chi connectivity index (χ4n) is 0.697. The lowest BCUT2D eigenvalue weighted by atomic mass is 10.3. The van der Waals surface area contributed by atoms with Gasteiger partial charge < -0.3 is 4.74 Å². The van der Waals surface area contributed by atoms with Crippen molar-refractivity contribution in [3.8, 4) is 5.88 Å². The second kappa shape index (κ2) is 3.88. The topological polar surface area (TPSA) is 39.2 Å². The molecule has 0 fully saturated rings. The van der Waals surface area contributed by atoms with E-state index in [1.807, 2.05) is 0 Å². The molecular formula is C7H4F3NO2. The summed E-state index contributed by atoms with van der Waals surface area (Å²) in [4.78, 5) is 13.2. The largest absolute Gasteiger partial charge is 0.416 e. The van der Waals surface area contributed by atoms with E-state index in [1.54, 1.807) is 0 Å². The van der Waals surface area contributed by atoms with Crippen molar-refractivity contribution in [1.82, 2.24) is 4.98 Å². The third-order valence-electron chi connectivity index (χ3n) is 1.18. The van der Waals surface area contributed by atoms with Crippen LogP contribution in [0.15, 0.2) is 12.1 Å². The van der Waals surface area contributed by atoms with Crippen molar-refractivity contribution in [3.63, 3.8) is 0 Å². The van der Waals surface area contributed by atoms with Gasteiger partial charge in [0.1, 0.15) is 0 Å². The first kappa shape index (κ1) is 9.50. The van der Waals surface area contributed by atoms with Gasteiger partial charge in [0.15, 0.2) is 6.29 Å². The maximum Gasteiger partial charge on any atom is 0.388 e. The molecule has 0 saturated heterocycles. The van der Waals surface area contributed by atoms with Crippen molar-refractivity contribution in [2.45, 2.75) is 6.61 Å². The molecule has 0 aliphatic carbocycles. The van der Waals surface area contributed by atoms with Gasteiger partial charge in [-0.3, -0.25) is 4.79 Å². The molecule has 0 aliphatic heterocycles. The Morgan fingerprint density at radius 2 is 2.15 bits per heavy atom. The summed E-state index contributed by atoms with van der Waals surface area (Å²) in [6.45, 7) is -3.13. The number of ether oxygens (including phenoxy) is 1.